The van der Waals surface area contributed by atoms with Crippen molar-refractivity contribution in [3.8, 4) is 0 Å². The van der Waals surface area contributed by atoms with E-state index >= 15 is 0 Å². The Labute approximate surface area is 453 Å². The lowest BCUT2D eigenvalue weighted by molar-refractivity contribution is -0.167. The van der Waals surface area contributed by atoms with Crippen LogP contribution in [0.2, 0.25) is 0 Å². The number of rotatable bonds is 58. The summed E-state index contributed by atoms with van der Waals surface area (Å²) in [7, 11) is 0. The van der Waals surface area contributed by atoms with Crippen molar-refractivity contribution in [1.82, 2.24) is 0 Å². The second kappa shape index (κ2) is 61.7. The lowest BCUT2D eigenvalue weighted by Crippen LogP contribution is -2.30. The average Bonchev–Trinajstić information content (AvgIpc) is 3.39. The van der Waals surface area contributed by atoms with Crippen LogP contribution >= 0.6 is 0 Å². The highest BCUT2D eigenvalue weighted by molar-refractivity contribution is 5.71. The molecule has 73 heavy (non-hydrogen) atoms. The molecule has 0 rings (SSSR count). The molecule has 0 saturated heterocycles. The molecule has 0 aromatic heterocycles. The molecule has 0 saturated carbocycles. The van der Waals surface area contributed by atoms with Gasteiger partial charge in [0.05, 0.1) is 0 Å². The van der Waals surface area contributed by atoms with Crippen molar-refractivity contribution in [2.24, 2.45) is 0 Å². The summed E-state index contributed by atoms with van der Waals surface area (Å²) in [4.78, 5) is 38.3. The zero-order valence-electron chi connectivity index (χ0n) is 48.7. The van der Waals surface area contributed by atoms with Crippen LogP contribution in [-0.2, 0) is 28.6 Å². The normalized spacial score (nSPS) is 12.4. The Bertz CT molecular complexity index is 1310. The highest BCUT2D eigenvalue weighted by Crippen LogP contribution is 2.17. The van der Waals surface area contributed by atoms with E-state index in [1.807, 2.05) is 0 Å². The van der Waals surface area contributed by atoms with Crippen LogP contribution in [0.3, 0.4) is 0 Å². The Morgan fingerprint density at radius 1 is 0.274 bits per heavy atom. The van der Waals surface area contributed by atoms with Gasteiger partial charge in [-0.15, -0.1) is 0 Å². The van der Waals surface area contributed by atoms with E-state index < -0.39 is 6.10 Å². The summed E-state index contributed by atoms with van der Waals surface area (Å²) in [5.74, 6) is -0.901. The minimum absolute atomic E-state index is 0.0838. The van der Waals surface area contributed by atoms with Crippen LogP contribution in [0, 0.1) is 0 Å². The first-order chi connectivity index (χ1) is 36.0. The minimum Gasteiger partial charge on any atom is -0.462 e. The van der Waals surface area contributed by atoms with Gasteiger partial charge in [-0.3, -0.25) is 14.4 Å². The third kappa shape index (κ3) is 59.9. The summed E-state index contributed by atoms with van der Waals surface area (Å²) < 4.78 is 16.9. The molecule has 0 radical (unpaired) electrons. The molecule has 6 heteroatoms. The average molecular weight is 1020 g/mol. The number of unbranched alkanes of at least 4 members (excludes halogenated alkanes) is 37. The van der Waals surface area contributed by atoms with Gasteiger partial charge in [-0.05, 0) is 89.9 Å². The first-order valence-electron chi connectivity index (χ1n) is 31.8. The number of ether oxygens (including phenoxy) is 3. The predicted octanol–water partition coefficient (Wildman–Crippen LogP) is 21.6. The molecule has 0 unspecified atom stereocenters. The summed E-state index contributed by atoms with van der Waals surface area (Å²) in [6.07, 6.45) is 77.9. The number of hydrogen-bond acceptors (Lipinski definition) is 6. The Hall–Kier alpha value is -2.89. The fourth-order valence-electron chi connectivity index (χ4n) is 9.19. The molecule has 0 aliphatic rings. The Morgan fingerprint density at radius 2 is 0.493 bits per heavy atom. The van der Waals surface area contributed by atoms with Crippen molar-refractivity contribution in [2.75, 3.05) is 13.2 Å². The molecule has 0 amide bonds. The second-order valence-corrected chi connectivity index (χ2v) is 21.3. The van der Waals surface area contributed by atoms with Gasteiger partial charge in [0, 0.05) is 19.3 Å². The lowest BCUT2D eigenvalue weighted by atomic mass is 10.0. The highest BCUT2D eigenvalue weighted by Gasteiger charge is 2.19. The number of hydrogen-bond donors (Lipinski definition) is 0. The van der Waals surface area contributed by atoms with E-state index in [4.69, 9.17) is 14.2 Å². The molecule has 0 aromatic rings. The molecule has 1 atom stereocenters. The molecular weight excluding hydrogens is 901 g/mol. The van der Waals surface area contributed by atoms with Gasteiger partial charge in [0.2, 0.25) is 0 Å². The zero-order valence-corrected chi connectivity index (χ0v) is 48.7. The van der Waals surface area contributed by atoms with Gasteiger partial charge in [0.1, 0.15) is 13.2 Å². The van der Waals surface area contributed by atoms with E-state index in [0.717, 1.165) is 83.5 Å². The molecule has 0 spiro atoms. The summed E-state index contributed by atoms with van der Waals surface area (Å²) in [5.41, 5.74) is 0. The molecule has 0 fully saturated rings. The third-order valence-electron chi connectivity index (χ3n) is 14.0. The van der Waals surface area contributed by atoms with Crippen LogP contribution in [0.5, 0.6) is 0 Å². The highest BCUT2D eigenvalue weighted by atomic mass is 16.6. The second-order valence-electron chi connectivity index (χ2n) is 21.3. The maximum Gasteiger partial charge on any atom is 0.306 e. The van der Waals surface area contributed by atoms with Crippen molar-refractivity contribution in [3.05, 3.63) is 60.8 Å². The van der Waals surface area contributed by atoms with Gasteiger partial charge < -0.3 is 14.2 Å². The molecule has 0 heterocycles. The van der Waals surface area contributed by atoms with Gasteiger partial charge in [-0.2, -0.15) is 0 Å². The quantitative estimate of drug-likeness (QED) is 0.0261. The van der Waals surface area contributed by atoms with Crippen molar-refractivity contribution >= 4 is 17.9 Å². The van der Waals surface area contributed by atoms with Gasteiger partial charge in [0.15, 0.2) is 6.10 Å². The van der Waals surface area contributed by atoms with E-state index in [0.29, 0.717) is 19.3 Å². The fraction of sp³-hybridized carbons (Fsp3) is 0.806. The van der Waals surface area contributed by atoms with Crippen LogP contribution in [-0.4, -0.2) is 37.2 Å². The smallest absolute Gasteiger partial charge is 0.306 e. The number of carbonyl (C=O) groups excluding carboxylic acids is 3. The topological polar surface area (TPSA) is 78.9 Å². The van der Waals surface area contributed by atoms with Crippen LogP contribution in [0.1, 0.15) is 329 Å². The summed E-state index contributed by atoms with van der Waals surface area (Å²) in [6, 6.07) is 0. The van der Waals surface area contributed by atoms with Gasteiger partial charge in [-0.1, -0.05) is 281 Å². The molecule has 6 nitrogen and oxygen atoms in total. The van der Waals surface area contributed by atoms with Crippen LogP contribution in [0.25, 0.3) is 0 Å². The van der Waals surface area contributed by atoms with Crippen molar-refractivity contribution in [1.29, 1.82) is 0 Å². The molecule has 0 aliphatic heterocycles. The predicted molar refractivity (Wildman–Crippen MR) is 316 cm³/mol. The number of esters is 3. The number of allylic oxidation sites excluding steroid dienone is 10. The molecular formula is C67H120O6. The largest absolute Gasteiger partial charge is 0.462 e. The Morgan fingerprint density at radius 3 is 0.822 bits per heavy atom. The first-order valence-corrected chi connectivity index (χ1v) is 31.8. The molecule has 0 aromatic carbocycles. The van der Waals surface area contributed by atoms with E-state index in [1.54, 1.807) is 0 Å². The third-order valence-corrected chi connectivity index (χ3v) is 14.0. The molecule has 0 bridgehead atoms. The first kappa shape index (κ1) is 70.1. The standard InChI is InChI=1S/C67H120O6/c1-4-7-10-13-16-19-22-25-28-31-33-36-39-42-45-48-51-54-57-60-66(69)72-63-64(62-71-65(68)59-56-53-50-47-44-41-38-35-30-27-24-21-18-15-12-9-6-3)73-67(70)61-58-55-52-49-46-43-40-37-34-32-29-26-23-20-17-14-11-8-5-2/h16,19,25,27-28,30,33,36,42,45,64H,4-15,17-18,20-24,26,29,31-32,34-35,37-41,43-44,46-63H2,1-3H3/b19-16-,28-25-,30-27-,36-33-,45-42-/t64-/m0/s1. The molecule has 424 valence electrons. The monoisotopic (exact) mass is 1020 g/mol. The molecule has 0 aliphatic carbocycles. The number of carbonyl (C=O) groups is 3. The SMILES string of the molecule is CCCCC/C=C\C/C=C\C/C=C\C/C=C\CCCCCC(=O)OC[C@H](COC(=O)CCCCCCCCC/C=C\CCCCCCCC)OC(=O)CCCCCCCCCCCCCCCCCCCCC. The van der Waals surface area contributed by atoms with Crippen molar-refractivity contribution in [3.63, 3.8) is 0 Å². The molecule has 0 N–H and O–H groups in total. The van der Waals surface area contributed by atoms with Gasteiger partial charge in [0.25, 0.3) is 0 Å². The summed E-state index contributed by atoms with van der Waals surface area (Å²) >= 11 is 0. The minimum atomic E-state index is -0.788. The van der Waals surface area contributed by atoms with Crippen molar-refractivity contribution < 1.29 is 28.6 Å². The maximum absolute atomic E-state index is 12.9. The zero-order chi connectivity index (χ0) is 52.9. The maximum atomic E-state index is 12.9. The Balaban J connectivity index is 4.41. The fourth-order valence-corrected chi connectivity index (χ4v) is 9.19. The van der Waals surface area contributed by atoms with Crippen LogP contribution in [0.4, 0.5) is 0 Å². The summed E-state index contributed by atoms with van der Waals surface area (Å²) in [5, 5.41) is 0. The van der Waals surface area contributed by atoms with Crippen LogP contribution < -0.4 is 0 Å². The van der Waals surface area contributed by atoms with Crippen LogP contribution in [0.15, 0.2) is 60.8 Å². The van der Waals surface area contributed by atoms with Crippen molar-refractivity contribution in [2.45, 2.75) is 335 Å². The van der Waals surface area contributed by atoms with Gasteiger partial charge in [-0.25, -0.2) is 0 Å². The lowest BCUT2D eigenvalue weighted by Gasteiger charge is -2.18. The summed E-state index contributed by atoms with van der Waals surface area (Å²) in [6.45, 7) is 6.63. The van der Waals surface area contributed by atoms with E-state index in [2.05, 4.69) is 81.5 Å². The van der Waals surface area contributed by atoms with E-state index in [1.165, 1.54) is 205 Å². The van der Waals surface area contributed by atoms with Gasteiger partial charge >= 0.3 is 17.9 Å². The van der Waals surface area contributed by atoms with E-state index in [-0.39, 0.29) is 31.1 Å². The Kier molecular flexibility index (Phi) is 59.2. The van der Waals surface area contributed by atoms with E-state index in [9.17, 15) is 14.4 Å².